The standard InChI is InChI=1S/C21H27NO2/c1-15(2)19-6-4-5-7-21(19)24-18-8-9-20(17(12-18)14-23)16-10-11-22(3)13-16/h4-9,12,15-16,23H,10-11,13-14H2,1-3H3. The summed E-state index contributed by atoms with van der Waals surface area (Å²) in [5.74, 6) is 2.60. The molecule has 0 aliphatic carbocycles. The van der Waals surface area contributed by atoms with Gasteiger partial charge in [0.05, 0.1) is 6.61 Å². The van der Waals surface area contributed by atoms with E-state index in [1.165, 1.54) is 11.1 Å². The molecule has 3 rings (SSSR count). The van der Waals surface area contributed by atoms with E-state index in [1.807, 2.05) is 30.3 Å². The van der Waals surface area contributed by atoms with Crippen molar-refractivity contribution in [3.8, 4) is 11.5 Å². The smallest absolute Gasteiger partial charge is 0.130 e. The number of likely N-dealkylation sites (tertiary alicyclic amines) is 1. The molecule has 2 aromatic carbocycles. The van der Waals surface area contributed by atoms with Crippen LogP contribution in [0.5, 0.6) is 11.5 Å². The van der Waals surface area contributed by atoms with E-state index in [0.29, 0.717) is 11.8 Å². The monoisotopic (exact) mass is 325 g/mol. The Hall–Kier alpha value is -1.84. The minimum Gasteiger partial charge on any atom is -0.457 e. The normalized spacial score (nSPS) is 18.3. The average molecular weight is 325 g/mol. The fraction of sp³-hybridized carbons (Fsp3) is 0.429. The Kier molecular flexibility index (Phi) is 5.22. The van der Waals surface area contributed by atoms with Crippen molar-refractivity contribution in [3.63, 3.8) is 0 Å². The molecule has 0 saturated carbocycles. The van der Waals surface area contributed by atoms with Crippen LogP contribution in [-0.2, 0) is 6.61 Å². The lowest BCUT2D eigenvalue weighted by Crippen LogP contribution is -2.14. The van der Waals surface area contributed by atoms with E-state index in [2.05, 4.69) is 37.9 Å². The van der Waals surface area contributed by atoms with E-state index in [9.17, 15) is 5.11 Å². The second-order valence-corrected chi connectivity index (χ2v) is 7.06. The van der Waals surface area contributed by atoms with Crippen LogP contribution < -0.4 is 4.74 Å². The Labute approximate surface area is 144 Å². The van der Waals surface area contributed by atoms with E-state index in [0.717, 1.165) is 36.6 Å². The summed E-state index contributed by atoms with van der Waals surface area (Å²) >= 11 is 0. The topological polar surface area (TPSA) is 32.7 Å². The van der Waals surface area contributed by atoms with E-state index in [-0.39, 0.29) is 6.61 Å². The van der Waals surface area contributed by atoms with Crippen LogP contribution in [0.1, 0.15) is 48.8 Å². The summed E-state index contributed by atoms with van der Waals surface area (Å²) in [6, 6.07) is 14.3. The molecular weight excluding hydrogens is 298 g/mol. The summed E-state index contributed by atoms with van der Waals surface area (Å²) in [4.78, 5) is 2.34. The van der Waals surface area contributed by atoms with Gasteiger partial charge in [-0.3, -0.25) is 0 Å². The molecule has 0 aromatic heterocycles. The molecule has 3 nitrogen and oxygen atoms in total. The van der Waals surface area contributed by atoms with Gasteiger partial charge >= 0.3 is 0 Å². The number of nitrogens with zero attached hydrogens (tertiary/aromatic N) is 1. The Bertz CT molecular complexity index is 696. The van der Waals surface area contributed by atoms with Crippen molar-refractivity contribution in [1.29, 1.82) is 0 Å². The second-order valence-electron chi connectivity index (χ2n) is 7.06. The maximum absolute atomic E-state index is 9.81. The summed E-state index contributed by atoms with van der Waals surface area (Å²) < 4.78 is 6.13. The van der Waals surface area contributed by atoms with Gasteiger partial charge in [0.15, 0.2) is 0 Å². The summed E-state index contributed by atoms with van der Waals surface area (Å²) in [6.07, 6.45) is 1.15. The number of aliphatic hydroxyl groups is 1. The van der Waals surface area contributed by atoms with Gasteiger partial charge in [-0.2, -0.15) is 0 Å². The first-order valence-corrected chi connectivity index (χ1v) is 8.77. The molecule has 1 unspecified atom stereocenters. The number of para-hydroxylation sites is 1. The lowest BCUT2D eigenvalue weighted by atomic mass is 9.93. The molecule has 3 heteroatoms. The third kappa shape index (κ3) is 3.63. The van der Waals surface area contributed by atoms with Gasteiger partial charge < -0.3 is 14.7 Å². The zero-order valence-electron chi connectivity index (χ0n) is 14.8. The van der Waals surface area contributed by atoms with Gasteiger partial charge in [0, 0.05) is 6.54 Å². The third-order valence-corrected chi connectivity index (χ3v) is 4.88. The number of benzene rings is 2. The minimum absolute atomic E-state index is 0.0541. The molecule has 128 valence electrons. The first-order chi connectivity index (χ1) is 11.6. The van der Waals surface area contributed by atoms with Crippen LogP contribution in [0.25, 0.3) is 0 Å². The number of hydrogen-bond acceptors (Lipinski definition) is 3. The lowest BCUT2D eigenvalue weighted by molar-refractivity contribution is 0.279. The lowest BCUT2D eigenvalue weighted by Gasteiger charge is -2.18. The average Bonchev–Trinajstić information content (AvgIpc) is 3.01. The number of hydrogen-bond donors (Lipinski definition) is 1. The predicted molar refractivity (Wildman–Crippen MR) is 97.8 cm³/mol. The summed E-state index contributed by atoms with van der Waals surface area (Å²) in [5.41, 5.74) is 3.44. The van der Waals surface area contributed by atoms with Crippen LogP contribution in [0.2, 0.25) is 0 Å². The van der Waals surface area contributed by atoms with Crippen LogP contribution in [0, 0.1) is 0 Å². The van der Waals surface area contributed by atoms with Crippen molar-refractivity contribution in [3.05, 3.63) is 59.2 Å². The maximum atomic E-state index is 9.81. The summed E-state index contributed by atoms with van der Waals surface area (Å²) in [6.45, 7) is 6.57. The highest BCUT2D eigenvalue weighted by Crippen LogP contribution is 2.34. The molecule has 1 aliphatic rings. The summed E-state index contributed by atoms with van der Waals surface area (Å²) in [7, 11) is 2.15. The number of aliphatic hydroxyl groups excluding tert-OH is 1. The van der Waals surface area contributed by atoms with Crippen molar-refractivity contribution < 1.29 is 9.84 Å². The predicted octanol–water partition coefficient (Wildman–Crippen LogP) is 4.51. The van der Waals surface area contributed by atoms with Crippen molar-refractivity contribution in [1.82, 2.24) is 4.90 Å². The first kappa shape index (κ1) is 17.0. The Balaban J connectivity index is 1.85. The zero-order chi connectivity index (χ0) is 17.1. The SMILES string of the molecule is CC(C)c1ccccc1Oc1ccc(C2CCN(C)C2)c(CO)c1. The van der Waals surface area contributed by atoms with Gasteiger partial charge in [-0.25, -0.2) is 0 Å². The van der Waals surface area contributed by atoms with Crippen molar-refractivity contribution in [2.45, 2.75) is 38.7 Å². The maximum Gasteiger partial charge on any atom is 0.130 e. The van der Waals surface area contributed by atoms with Crippen LogP contribution in [0.4, 0.5) is 0 Å². The molecule has 1 saturated heterocycles. The molecule has 0 spiro atoms. The van der Waals surface area contributed by atoms with Gasteiger partial charge in [0.2, 0.25) is 0 Å². The molecule has 1 N–H and O–H groups in total. The largest absolute Gasteiger partial charge is 0.457 e. The quantitative estimate of drug-likeness (QED) is 0.877. The van der Waals surface area contributed by atoms with Crippen molar-refractivity contribution in [2.75, 3.05) is 20.1 Å². The fourth-order valence-electron chi connectivity index (χ4n) is 3.55. The van der Waals surface area contributed by atoms with Gasteiger partial charge in [-0.1, -0.05) is 38.1 Å². The molecule has 24 heavy (non-hydrogen) atoms. The van der Waals surface area contributed by atoms with Crippen LogP contribution >= 0.6 is 0 Å². The molecule has 1 aliphatic heterocycles. The molecule has 2 aromatic rings. The summed E-state index contributed by atoms with van der Waals surface area (Å²) in [5, 5.41) is 9.81. The molecule has 1 fully saturated rings. The van der Waals surface area contributed by atoms with E-state index < -0.39 is 0 Å². The number of ether oxygens (including phenoxy) is 1. The Morgan fingerprint density at radius 3 is 2.67 bits per heavy atom. The number of likely N-dealkylation sites (N-methyl/N-ethyl adjacent to an activating group) is 1. The van der Waals surface area contributed by atoms with E-state index in [4.69, 9.17) is 4.74 Å². The highest BCUT2D eigenvalue weighted by molar-refractivity contribution is 5.43. The highest BCUT2D eigenvalue weighted by Gasteiger charge is 2.23. The highest BCUT2D eigenvalue weighted by atomic mass is 16.5. The van der Waals surface area contributed by atoms with E-state index in [1.54, 1.807) is 0 Å². The third-order valence-electron chi connectivity index (χ3n) is 4.88. The van der Waals surface area contributed by atoms with Crippen LogP contribution in [-0.4, -0.2) is 30.1 Å². The molecular formula is C21H27NO2. The molecule has 0 radical (unpaired) electrons. The van der Waals surface area contributed by atoms with Crippen LogP contribution in [0.3, 0.4) is 0 Å². The van der Waals surface area contributed by atoms with Crippen LogP contribution in [0.15, 0.2) is 42.5 Å². The van der Waals surface area contributed by atoms with Crippen molar-refractivity contribution in [2.24, 2.45) is 0 Å². The van der Waals surface area contributed by atoms with E-state index >= 15 is 0 Å². The van der Waals surface area contributed by atoms with Gasteiger partial charge in [-0.15, -0.1) is 0 Å². The van der Waals surface area contributed by atoms with Gasteiger partial charge in [-0.05, 0) is 66.7 Å². The molecule has 0 amide bonds. The zero-order valence-corrected chi connectivity index (χ0v) is 14.8. The van der Waals surface area contributed by atoms with Gasteiger partial charge in [0.1, 0.15) is 11.5 Å². The first-order valence-electron chi connectivity index (χ1n) is 8.77. The molecule has 1 atom stereocenters. The Morgan fingerprint density at radius 2 is 2.00 bits per heavy atom. The second kappa shape index (κ2) is 7.37. The fourth-order valence-corrected chi connectivity index (χ4v) is 3.55. The Morgan fingerprint density at radius 1 is 1.21 bits per heavy atom. The minimum atomic E-state index is 0.0541. The number of rotatable bonds is 5. The van der Waals surface area contributed by atoms with Crippen molar-refractivity contribution >= 4 is 0 Å². The van der Waals surface area contributed by atoms with Gasteiger partial charge in [0.25, 0.3) is 0 Å². The molecule has 1 heterocycles. The molecule has 0 bridgehead atoms.